The Labute approximate surface area is 174 Å². The molecule has 0 radical (unpaired) electrons. The molecule has 0 bridgehead atoms. The number of hydrazine groups is 1. The van der Waals surface area contributed by atoms with Gasteiger partial charge in [-0.1, -0.05) is 26.0 Å². The molecule has 156 valence electrons. The third-order valence-electron chi connectivity index (χ3n) is 5.14. The van der Waals surface area contributed by atoms with Crippen molar-refractivity contribution in [1.29, 1.82) is 0 Å². The number of hydrogen-bond donors (Lipinski definition) is 2. The predicted molar refractivity (Wildman–Crippen MR) is 111 cm³/mol. The number of benzene rings is 2. The summed E-state index contributed by atoms with van der Waals surface area (Å²) in [5.41, 5.74) is 8.74. The van der Waals surface area contributed by atoms with Crippen LogP contribution in [-0.2, 0) is 16.0 Å². The van der Waals surface area contributed by atoms with Crippen molar-refractivity contribution in [3.8, 4) is 11.5 Å². The van der Waals surface area contributed by atoms with Crippen LogP contribution in [0, 0.1) is 6.92 Å². The van der Waals surface area contributed by atoms with Gasteiger partial charge in [0, 0.05) is 10.9 Å². The largest absolute Gasteiger partial charge is 0.485 e. The van der Waals surface area contributed by atoms with Gasteiger partial charge in [0.2, 0.25) is 12.0 Å². The number of carbonyl (C=O) groups excluding carboxylic acids is 2. The highest BCUT2D eigenvalue weighted by Gasteiger charge is 2.27. The van der Waals surface area contributed by atoms with E-state index >= 15 is 0 Å². The summed E-state index contributed by atoms with van der Waals surface area (Å²) >= 11 is 0. The zero-order chi connectivity index (χ0) is 21.3. The summed E-state index contributed by atoms with van der Waals surface area (Å²) in [6, 6.07) is 11.2. The number of amides is 2. The summed E-state index contributed by atoms with van der Waals surface area (Å²) in [5, 5.41) is 0.909. The first-order valence-corrected chi connectivity index (χ1v) is 9.90. The third kappa shape index (κ3) is 3.96. The molecule has 2 aromatic carbocycles. The van der Waals surface area contributed by atoms with Crippen LogP contribution >= 0.6 is 0 Å². The number of fused-ring (bicyclic) bond motifs is 2. The lowest BCUT2D eigenvalue weighted by Gasteiger charge is -2.25. The van der Waals surface area contributed by atoms with E-state index in [0.717, 1.165) is 22.1 Å². The summed E-state index contributed by atoms with van der Waals surface area (Å²) in [4.78, 5) is 24.7. The molecular weight excluding hydrogens is 384 g/mol. The molecule has 0 fully saturated rings. The smallest absolute Gasteiger partial charge is 0.283 e. The summed E-state index contributed by atoms with van der Waals surface area (Å²) < 4.78 is 16.8. The molecule has 7 heteroatoms. The predicted octanol–water partition coefficient (Wildman–Crippen LogP) is 3.39. The summed E-state index contributed by atoms with van der Waals surface area (Å²) in [5.74, 6) is 0.625. The number of hydrogen-bond acceptors (Lipinski definition) is 5. The Morgan fingerprint density at radius 2 is 1.90 bits per heavy atom. The van der Waals surface area contributed by atoms with E-state index in [1.807, 2.05) is 12.1 Å². The van der Waals surface area contributed by atoms with E-state index < -0.39 is 12.0 Å². The van der Waals surface area contributed by atoms with Gasteiger partial charge in [-0.15, -0.1) is 0 Å². The lowest BCUT2D eigenvalue weighted by molar-refractivity contribution is -0.134. The molecule has 0 spiro atoms. The second-order valence-electron chi connectivity index (χ2n) is 7.70. The Bertz CT molecular complexity index is 1100. The van der Waals surface area contributed by atoms with Crippen molar-refractivity contribution in [1.82, 2.24) is 10.9 Å². The second-order valence-corrected chi connectivity index (χ2v) is 7.70. The minimum absolute atomic E-state index is 0.0718. The summed E-state index contributed by atoms with van der Waals surface area (Å²) in [6.45, 7) is 6.38. The van der Waals surface area contributed by atoms with Crippen molar-refractivity contribution < 1.29 is 23.5 Å². The van der Waals surface area contributed by atoms with Gasteiger partial charge in [0.1, 0.15) is 12.2 Å². The molecule has 1 aromatic heterocycles. The van der Waals surface area contributed by atoms with Gasteiger partial charge in [0.25, 0.3) is 5.91 Å². The van der Waals surface area contributed by atoms with E-state index in [-0.39, 0.29) is 18.9 Å². The van der Waals surface area contributed by atoms with Gasteiger partial charge < -0.3 is 13.9 Å². The highest BCUT2D eigenvalue weighted by Crippen LogP contribution is 2.31. The molecule has 0 unspecified atom stereocenters. The van der Waals surface area contributed by atoms with Gasteiger partial charge >= 0.3 is 0 Å². The number of para-hydroxylation sites is 2. The van der Waals surface area contributed by atoms with Crippen LogP contribution in [0.2, 0.25) is 0 Å². The molecule has 1 atom stereocenters. The molecular formula is C23H24N2O5. The molecule has 7 nitrogen and oxygen atoms in total. The first-order valence-electron chi connectivity index (χ1n) is 9.90. The fourth-order valence-corrected chi connectivity index (χ4v) is 3.58. The van der Waals surface area contributed by atoms with Crippen LogP contribution in [0.25, 0.3) is 11.0 Å². The molecule has 2 heterocycles. The molecule has 0 saturated carbocycles. The van der Waals surface area contributed by atoms with Crippen LogP contribution in [0.1, 0.15) is 36.5 Å². The van der Waals surface area contributed by atoms with E-state index in [9.17, 15) is 9.59 Å². The molecule has 0 aliphatic carbocycles. The standard InChI is InChI=1S/C23H24N2O5/c1-13(2)16-10-17-15(11-28-20(17)8-14(16)3)9-22(26)24-25-23(27)21-12-29-18-6-4-5-7-19(18)30-21/h4-8,10-11,13,21H,9,12H2,1-3H3,(H,24,26)(H,25,27)/t21-/m0/s1. The maximum atomic E-state index is 12.4. The number of ether oxygens (including phenoxy) is 2. The molecule has 3 aromatic rings. The van der Waals surface area contributed by atoms with E-state index in [1.54, 1.807) is 24.5 Å². The molecule has 30 heavy (non-hydrogen) atoms. The van der Waals surface area contributed by atoms with E-state index in [1.165, 1.54) is 5.56 Å². The Balaban J connectivity index is 1.37. The molecule has 4 rings (SSSR count). The Morgan fingerprint density at radius 3 is 2.67 bits per heavy atom. The van der Waals surface area contributed by atoms with Gasteiger partial charge in [-0.05, 0) is 48.2 Å². The number of rotatable bonds is 4. The number of furan rings is 1. The highest BCUT2D eigenvalue weighted by atomic mass is 16.6. The Kier molecular flexibility index (Phi) is 5.35. The van der Waals surface area contributed by atoms with Crippen LogP contribution in [0.15, 0.2) is 47.1 Å². The van der Waals surface area contributed by atoms with Crippen molar-refractivity contribution >= 4 is 22.8 Å². The van der Waals surface area contributed by atoms with Gasteiger partial charge in [0.15, 0.2) is 11.5 Å². The highest BCUT2D eigenvalue weighted by molar-refractivity contribution is 5.90. The van der Waals surface area contributed by atoms with Crippen LogP contribution < -0.4 is 20.3 Å². The average Bonchev–Trinajstić information content (AvgIpc) is 3.12. The first kappa shape index (κ1) is 19.8. The van der Waals surface area contributed by atoms with Crippen molar-refractivity contribution in [2.75, 3.05) is 6.61 Å². The lowest BCUT2D eigenvalue weighted by Crippen LogP contribution is -2.51. The Hall–Kier alpha value is -3.48. The van der Waals surface area contributed by atoms with Crippen LogP contribution in [0.3, 0.4) is 0 Å². The lowest BCUT2D eigenvalue weighted by atomic mass is 9.95. The number of aryl methyl sites for hydroxylation is 1. The van der Waals surface area contributed by atoms with Crippen molar-refractivity contribution in [3.05, 3.63) is 59.4 Å². The second kappa shape index (κ2) is 8.10. The zero-order valence-electron chi connectivity index (χ0n) is 17.2. The number of nitrogens with one attached hydrogen (secondary N) is 2. The quantitative estimate of drug-likeness (QED) is 0.646. The molecule has 2 amide bonds. The Morgan fingerprint density at radius 1 is 1.13 bits per heavy atom. The monoisotopic (exact) mass is 408 g/mol. The topological polar surface area (TPSA) is 89.8 Å². The third-order valence-corrected chi connectivity index (χ3v) is 5.14. The zero-order valence-corrected chi connectivity index (χ0v) is 17.2. The van der Waals surface area contributed by atoms with Crippen molar-refractivity contribution in [2.45, 2.75) is 39.2 Å². The normalized spacial score (nSPS) is 15.3. The average molecular weight is 408 g/mol. The fourth-order valence-electron chi connectivity index (χ4n) is 3.58. The molecule has 0 saturated heterocycles. The SMILES string of the molecule is Cc1cc2occ(CC(=O)NNC(=O)[C@@H]3COc4ccccc4O3)c2cc1C(C)C. The van der Waals surface area contributed by atoms with E-state index in [2.05, 4.69) is 37.7 Å². The van der Waals surface area contributed by atoms with E-state index in [0.29, 0.717) is 17.4 Å². The minimum Gasteiger partial charge on any atom is -0.485 e. The fraction of sp³-hybridized carbons (Fsp3) is 0.304. The van der Waals surface area contributed by atoms with Crippen LogP contribution in [0.4, 0.5) is 0 Å². The van der Waals surface area contributed by atoms with Gasteiger partial charge in [-0.3, -0.25) is 20.4 Å². The maximum Gasteiger partial charge on any atom is 0.283 e. The maximum absolute atomic E-state index is 12.4. The van der Waals surface area contributed by atoms with Gasteiger partial charge in [0.05, 0.1) is 12.7 Å². The van der Waals surface area contributed by atoms with Gasteiger partial charge in [-0.25, -0.2) is 0 Å². The van der Waals surface area contributed by atoms with Gasteiger partial charge in [-0.2, -0.15) is 0 Å². The summed E-state index contributed by atoms with van der Waals surface area (Å²) in [7, 11) is 0. The van der Waals surface area contributed by atoms with Crippen LogP contribution in [-0.4, -0.2) is 24.5 Å². The van der Waals surface area contributed by atoms with Crippen molar-refractivity contribution in [2.24, 2.45) is 0 Å². The molecule has 1 aliphatic heterocycles. The number of carbonyl (C=O) groups is 2. The summed E-state index contributed by atoms with van der Waals surface area (Å²) in [6.07, 6.45) is 0.829. The molecule has 1 aliphatic rings. The van der Waals surface area contributed by atoms with E-state index in [4.69, 9.17) is 13.9 Å². The molecule has 2 N–H and O–H groups in total. The van der Waals surface area contributed by atoms with Crippen LogP contribution in [0.5, 0.6) is 11.5 Å². The van der Waals surface area contributed by atoms with Crippen molar-refractivity contribution in [3.63, 3.8) is 0 Å². The minimum atomic E-state index is -0.841. The first-order chi connectivity index (χ1) is 14.4.